The first-order valence-corrected chi connectivity index (χ1v) is 10.5. The summed E-state index contributed by atoms with van der Waals surface area (Å²) < 4.78 is 20.7. The van der Waals surface area contributed by atoms with Crippen molar-refractivity contribution in [2.45, 2.75) is 13.5 Å². The second-order valence-electron chi connectivity index (χ2n) is 6.77. The lowest BCUT2D eigenvalue weighted by Crippen LogP contribution is -2.22. The van der Waals surface area contributed by atoms with Gasteiger partial charge in [0.25, 0.3) is 11.5 Å². The lowest BCUT2D eigenvalue weighted by Gasteiger charge is -2.09. The van der Waals surface area contributed by atoms with Gasteiger partial charge in [0.05, 0.1) is 35.9 Å². The SMILES string of the molecule is COc1ccccc1NC(=O)c1sc2ncn(Cc3c(F)cccc3Cl)c(=O)c2c1C. The van der Waals surface area contributed by atoms with Crippen LogP contribution < -0.4 is 15.6 Å². The standard InChI is InChI=1S/C22H17ClFN3O3S/c1-12-18-21(31-19(12)20(28)26-16-8-3-4-9-17(16)30-2)25-11-27(22(18)29)10-13-14(23)6-5-7-15(13)24/h3-9,11H,10H2,1-2H3,(H,26,28). The summed E-state index contributed by atoms with van der Waals surface area (Å²) in [5, 5.41) is 3.36. The van der Waals surface area contributed by atoms with Gasteiger partial charge in [-0.25, -0.2) is 9.37 Å². The Balaban J connectivity index is 1.72. The highest BCUT2D eigenvalue weighted by Crippen LogP contribution is 2.30. The number of thiophene rings is 1. The number of carbonyl (C=O) groups excluding carboxylic acids is 1. The number of benzene rings is 2. The van der Waals surface area contributed by atoms with Crippen molar-refractivity contribution in [1.29, 1.82) is 0 Å². The molecule has 2 heterocycles. The van der Waals surface area contributed by atoms with E-state index in [1.165, 1.54) is 30.1 Å². The molecule has 0 atom stereocenters. The van der Waals surface area contributed by atoms with Crippen molar-refractivity contribution < 1.29 is 13.9 Å². The second-order valence-corrected chi connectivity index (χ2v) is 8.17. The molecular formula is C22H17ClFN3O3S. The number of anilines is 1. The van der Waals surface area contributed by atoms with Gasteiger partial charge in [-0.2, -0.15) is 0 Å². The van der Waals surface area contributed by atoms with Crippen LogP contribution in [-0.2, 0) is 6.54 Å². The number of methoxy groups -OCH3 is 1. The average Bonchev–Trinajstić information content (AvgIpc) is 3.10. The Morgan fingerprint density at radius 1 is 1.26 bits per heavy atom. The average molecular weight is 458 g/mol. The molecule has 4 aromatic rings. The molecule has 0 saturated heterocycles. The lowest BCUT2D eigenvalue weighted by atomic mass is 10.2. The van der Waals surface area contributed by atoms with Crippen LogP contribution in [0, 0.1) is 12.7 Å². The number of ether oxygens (including phenoxy) is 1. The van der Waals surface area contributed by atoms with Crippen molar-refractivity contribution in [2.75, 3.05) is 12.4 Å². The Labute approximate surface area is 185 Å². The quantitative estimate of drug-likeness (QED) is 0.464. The molecule has 9 heteroatoms. The van der Waals surface area contributed by atoms with E-state index in [1.54, 1.807) is 37.3 Å². The summed E-state index contributed by atoms with van der Waals surface area (Å²) in [5.41, 5.74) is 0.870. The van der Waals surface area contributed by atoms with E-state index < -0.39 is 5.82 Å². The van der Waals surface area contributed by atoms with Crippen LogP contribution in [0.1, 0.15) is 20.8 Å². The third kappa shape index (κ3) is 3.92. The Morgan fingerprint density at radius 3 is 2.77 bits per heavy atom. The summed E-state index contributed by atoms with van der Waals surface area (Å²) in [7, 11) is 1.52. The molecule has 0 fully saturated rings. The highest BCUT2D eigenvalue weighted by Gasteiger charge is 2.21. The zero-order chi connectivity index (χ0) is 22.1. The van der Waals surface area contributed by atoms with Gasteiger partial charge in [0.2, 0.25) is 0 Å². The molecule has 0 aliphatic heterocycles. The first-order chi connectivity index (χ1) is 14.9. The zero-order valence-corrected chi connectivity index (χ0v) is 18.2. The van der Waals surface area contributed by atoms with Crippen molar-refractivity contribution in [1.82, 2.24) is 9.55 Å². The fraction of sp³-hybridized carbons (Fsp3) is 0.136. The van der Waals surface area contributed by atoms with Crippen LogP contribution in [0.15, 0.2) is 53.6 Å². The van der Waals surface area contributed by atoms with Gasteiger partial charge in [-0.3, -0.25) is 14.2 Å². The van der Waals surface area contributed by atoms with Crippen molar-refractivity contribution >= 4 is 44.7 Å². The van der Waals surface area contributed by atoms with Crippen LogP contribution in [-0.4, -0.2) is 22.6 Å². The molecule has 31 heavy (non-hydrogen) atoms. The number of halogens is 2. The Kier molecular flexibility index (Phi) is 5.75. The van der Waals surface area contributed by atoms with E-state index in [4.69, 9.17) is 16.3 Å². The van der Waals surface area contributed by atoms with Crippen LogP contribution >= 0.6 is 22.9 Å². The first kappa shape index (κ1) is 21.0. The number of carbonyl (C=O) groups is 1. The summed E-state index contributed by atoms with van der Waals surface area (Å²) in [6, 6.07) is 11.4. The van der Waals surface area contributed by atoms with Crippen molar-refractivity contribution in [3.05, 3.63) is 86.0 Å². The summed E-state index contributed by atoms with van der Waals surface area (Å²) in [6.07, 6.45) is 1.34. The van der Waals surface area contributed by atoms with E-state index in [2.05, 4.69) is 10.3 Å². The molecule has 6 nitrogen and oxygen atoms in total. The Morgan fingerprint density at radius 2 is 2.03 bits per heavy atom. The largest absolute Gasteiger partial charge is 0.495 e. The number of aryl methyl sites for hydroxylation is 1. The molecule has 1 N–H and O–H groups in total. The molecule has 2 aromatic carbocycles. The maximum atomic E-state index is 14.2. The summed E-state index contributed by atoms with van der Waals surface area (Å²) >= 11 is 7.21. The van der Waals surface area contributed by atoms with E-state index >= 15 is 0 Å². The summed E-state index contributed by atoms with van der Waals surface area (Å²) in [5.74, 6) is -0.344. The number of hydrogen-bond acceptors (Lipinski definition) is 5. The van der Waals surface area contributed by atoms with E-state index in [-0.39, 0.29) is 28.6 Å². The lowest BCUT2D eigenvalue weighted by molar-refractivity contribution is 0.102. The summed E-state index contributed by atoms with van der Waals surface area (Å²) in [4.78, 5) is 31.1. The van der Waals surface area contributed by atoms with Gasteiger partial charge >= 0.3 is 0 Å². The van der Waals surface area contributed by atoms with Crippen molar-refractivity contribution in [2.24, 2.45) is 0 Å². The van der Waals surface area contributed by atoms with Gasteiger partial charge < -0.3 is 10.1 Å². The number of nitrogens with zero attached hydrogens (tertiary/aromatic N) is 2. The van der Waals surface area contributed by atoms with Gasteiger partial charge in [-0.05, 0) is 36.8 Å². The molecule has 0 unspecified atom stereocenters. The third-order valence-corrected chi connectivity index (χ3v) is 6.42. The highest BCUT2D eigenvalue weighted by atomic mass is 35.5. The van der Waals surface area contributed by atoms with Crippen LogP contribution in [0.25, 0.3) is 10.2 Å². The minimum atomic E-state index is -0.501. The Bertz CT molecular complexity index is 1350. The number of hydrogen-bond donors (Lipinski definition) is 1. The molecule has 1 amide bonds. The van der Waals surface area contributed by atoms with Crippen molar-refractivity contribution in [3.63, 3.8) is 0 Å². The van der Waals surface area contributed by atoms with Gasteiger partial charge in [-0.1, -0.05) is 29.8 Å². The number of rotatable bonds is 5. The molecule has 0 radical (unpaired) electrons. The smallest absolute Gasteiger partial charge is 0.266 e. The molecule has 0 spiro atoms. The molecule has 0 aliphatic carbocycles. The number of fused-ring (bicyclic) bond motifs is 1. The van der Waals surface area contributed by atoms with Crippen LogP contribution in [0.4, 0.5) is 10.1 Å². The van der Waals surface area contributed by atoms with E-state index in [0.717, 1.165) is 11.3 Å². The molecular weight excluding hydrogens is 441 g/mol. The first-order valence-electron chi connectivity index (χ1n) is 9.26. The third-order valence-electron chi connectivity index (χ3n) is 4.87. The minimum absolute atomic E-state index is 0.0642. The predicted octanol–water partition coefficient (Wildman–Crippen LogP) is 4.87. The van der Waals surface area contributed by atoms with Gasteiger partial charge in [0, 0.05) is 10.6 Å². The molecule has 0 saturated carbocycles. The maximum absolute atomic E-state index is 14.2. The highest BCUT2D eigenvalue weighted by molar-refractivity contribution is 7.20. The van der Waals surface area contributed by atoms with Gasteiger partial charge in [-0.15, -0.1) is 11.3 Å². The van der Waals surface area contributed by atoms with Crippen LogP contribution in [0.3, 0.4) is 0 Å². The van der Waals surface area contributed by atoms with E-state index in [9.17, 15) is 14.0 Å². The second kappa shape index (κ2) is 8.49. The molecule has 158 valence electrons. The number of nitrogens with one attached hydrogen (secondary N) is 1. The van der Waals surface area contributed by atoms with Crippen LogP contribution in [0.2, 0.25) is 5.02 Å². The number of para-hydroxylation sites is 2. The van der Waals surface area contributed by atoms with Crippen molar-refractivity contribution in [3.8, 4) is 5.75 Å². The fourth-order valence-corrected chi connectivity index (χ4v) is 4.53. The molecule has 2 aromatic heterocycles. The monoisotopic (exact) mass is 457 g/mol. The number of amides is 1. The topological polar surface area (TPSA) is 73.2 Å². The zero-order valence-electron chi connectivity index (χ0n) is 16.6. The van der Waals surface area contributed by atoms with Gasteiger partial charge in [0.1, 0.15) is 16.4 Å². The summed E-state index contributed by atoms with van der Waals surface area (Å²) in [6.45, 7) is 1.63. The molecule has 0 bridgehead atoms. The predicted molar refractivity (Wildman–Crippen MR) is 120 cm³/mol. The van der Waals surface area contributed by atoms with E-state index in [1.807, 2.05) is 0 Å². The fourth-order valence-electron chi connectivity index (χ4n) is 3.27. The number of aromatic nitrogens is 2. The Hall–Kier alpha value is -3.23. The van der Waals surface area contributed by atoms with Crippen LogP contribution in [0.5, 0.6) is 5.75 Å². The van der Waals surface area contributed by atoms with Gasteiger partial charge in [0.15, 0.2) is 0 Å². The molecule has 0 aliphatic rings. The maximum Gasteiger partial charge on any atom is 0.266 e. The normalized spacial score (nSPS) is 11.0. The minimum Gasteiger partial charge on any atom is -0.495 e. The molecule has 4 rings (SSSR count). The van der Waals surface area contributed by atoms with E-state index in [0.29, 0.717) is 32.1 Å².